The zero-order valence-corrected chi connectivity index (χ0v) is 15.1. The summed E-state index contributed by atoms with van der Waals surface area (Å²) in [4.78, 5) is 11.8. The lowest BCUT2D eigenvalue weighted by Crippen LogP contribution is -2.07. The first-order valence-corrected chi connectivity index (χ1v) is 9.25. The second kappa shape index (κ2) is 11.3. The van der Waals surface area contributed by atoms with Crippen molar-refractivity contribution in [2.45, 2.75) is 58.5 Å². The highest BCUT2D eigenvalue weighted by Crippen LogP contribution is 2.19. The minimum atomic E-state index is -0.159. The van der Waals surface area contributed by atoms with Crippen LogP contribution in [0.15, 0.2) is 54.6 Å². The number of unbranched alkanes of at least 4 members (excludes halogenated alkanes) is 5. The molecule has 2 aromatic rings. The molecule has 0 bridgehead atoms. The van der Waals surface area contributed by atoms with Gasteiger partial charge in [-0.25, -0.2) is 0 Å². The molecule has 0 saturated heterocycles. The molecule has 0 heterocycles. The molecule has 0 saturated carbocycles. The minimum Gasteiger partial charge on any atom is -0.489 e. The maximum Gasteiger partial charge on any atom is 0.311 e. The molecule has 3 heteroatoms. The molecule has 3 nitrogen and oxygen atoms in total. The topological polar surface area (TPSA) is 35.5 Å². The van der Waals surface area contributed by atoms with E-state index >= 15 is 0 Å². The fourth-order valence-corrected chi connectivity index (χ4v) is 2.58. The van der Waals surface area contributed by atoms with Gasteiger partial charge in [-0.1, -0.05) is 69.4 Å². The van der Waals surface area contributed by atoms with Gasteiger partial charge in [-0.15, -0.1) is 0 Å². The maximum absolute atomic E-state index is 11.8. The van der Waals surface area contributed by atoms with E-state index < -0.39 is 0 Å². The molecular weight excluding hydrogens is 312 g/mol. The molecule has 0 unspecified atom stereocenters. The fourth-order valence-electron chi connectivity index (χ4n) is 2.58. The van der Waals surface area contributed by atoms with E-state index in [4.69, 9.17) is 9.47 Å². The molecule has 0 fully saturated rings. The van der Waals surface area contributed by atoms with Crippen LogP contribution in [-0.4, -0.2) is 5.97 Å². The molecule has 2 rings (SSSR count). The van der Waals surface area contributed by atoms with Crippen LogP contribution in [0.2, 0.25) is 0 Å². The van der Waals surface area contributed by atoms with Crippen molar-refractivity contribution in [1.82, 2.24) is 0 Å². The smallest absolute Gasteiger partial charge is 0.311 e. The van der Waals surface area contributed by atoms with Gasteiger partial charge in [0.15, 0.2) is 0 Å². The van der Waals surface area contributed by atoms with Gasteiger partial charge in [0.05, 0.1) is 0 Å². The summed E-state index contributed by atoms with van der Waals surface area (Å²) in [5.74, 6) is 1.18. The Balaban J connectivity index is 1.66. The van der Waals surface area contributed by atoms with Gasteiger partial charge in [0, 0.05) is 6.42 Å². The van der Waals surface area contributed by atoms with Crippen LogP contribution in [0.5, 0.6) is 11.5 Å². The lowest BCUT2D eigenvalue weighted by Gasteiger charge is -2.08. The number of carbonyl (C=O) groups excluding carboxylic acids is 1. The molecule has 0 aromatic heterocycles. The average Bonchev–Trinajstić information content (AvgIpc) is 2.65. The summed E-state index contributed by atoms with van der Waals surface area (Å²) < 4.78 is 11.1. The zero-order valence-electron chi connectivity index (χ0n) is 15.1. The van der Waals surface area contributed by atoms with E-state index in [1.165, 1.54) is 25.7 Å². The lowest BCUT2D eigenvalue weighted by molar-refractivity contribution is -0.134. The summed E-state index contributed by atoms with van der Waals surface area (Å²) in [6.07, 6.45) is 7.47. The number of hydrogen-bond donors (Lipinski definition) is 0. The Morgan fingerprint density at radius 1 is 0.800 bits per heavy atom. The SMILES string of the molecule is CCCCCCCCC(=O)Oc1ccc(OCc2ccccc2)cc1. The number of hydrogen-bond acceptors (Lipinski definition) is 3. The molecule has 0 atom stereocenters. The summed E-state index contributed by atoms with van der Waals surface area (Å²) in [5, 5.41) is 0. The summed E-state index contributed by atoms with van der Waals surface area (Å²) in [7, 11) is 0. The Hall–Kier alpha value is -2.29. The van der Waals surface area contributed by atoms with E-state index in [-0.39, 0.29) is 5.97 Å². The second-order valence-corrected chi connectivity index (χ2v) is 6.24. The number of esters is 1. The van der Waals surface area contributed by atoms with Crippen molar-refractivity contribution < 1.29 is 14.3 Å². The van der Waals surface area contributed by atoms with Crippen LogP contribution < -0.4 is 9.47 Å². The van der Waals surface area contributed by atoms with Crippen molar-refractivity contribution in [3.05, 3.63) is 60.2 Å². The van der Waals surface area contributed by atoms with E-state index in [2.05, 4.69) is 6.92 Å². The van der Waals surface area contributed by atoms with Gasteiger partial charge in [-0.3, -0.25) is 4.79 Å². The molecule has 134 valence electrons. The van der Waals surface area contributed by atoms with Crippen LogP contribution in [0.3, 0.4) is 0 Å². The largest absolute Gasteiger partial charge is 0.489 e. The van der Waals surface area contributed by atoms with Crippen LogP contribution in [0.1, 0.15) is 57.4 Å². The second-order valence-electron chi connectivity index (χ2n) is 6.24. The Morgan fingerprint density at radius 3 is 2.16 bits per heavy atom. The van der Waals surface area contributed by atoms with E-state index in [1.807, 2.05) is 42.5 Å². The lowest BCUT2D eigenvalue weighted by atomic mass is 10.1. The third-order valence-electron chi connectivity index (χ3n) is 4.04. The molecule has 0 aliphatic carbocycles. The summed E-state index contributed by atoms with van der Waals surface area (Å²) >= 11 is 0. The van der Waals surface area contributed by atoms with E-state index in [0.29, 0.717) is 18.8 Å². The number of carbonyl (C=O) groups is 1. The van der Waals surface area contributed by atoms with Crippen molar-refractivity contribution in [2.75, 3.05) is 0 Å². The maximum atomic E-state index is 11.8. The highest BCUT2D eigenvalue weighted by atomic mass is 16.5. The van der Waals surface area contributed by atoms with Crippen LogP contribution in [0, 0.1) is 0 Å². The molecule has 0 aliphatic heterocycles. The van der Waals surface area contributed by atoms with Gasteiger partial charge in [-0.2, -0.15) is 0 Å². The molecule has 2 aromatic carbocycles. The van der Waals surface area contributed by atoms with Gasteiger partial charge in [0.1, 0.15) is 18.1 Å². The zero-order chi connectivity index (χ0) is 17.7. The molecule has 0 spiro atoms. The molecule has 0 radical (unpaired) electrons. The van der Waals surface area contributed by atoms with Crippen LogP contribution >= 0.6 is 0 Å². The standard InChI is InChI=1S/C22H28O3/c1-2-3-4-5-6-10-13-22(23)25-21-16-14-20(15-17-21)24-18-19-11-8-7-9-12-19/h7-9,11-12,14-17H,2-6,10,13,18H2,1H3. The van der Waals surface area contributed by atoms with Crippen LogP contribution in [0.4, 0.5) is 0 Å². The van der Waals surface area contributed by atoms with E-state index in [0.717, 1.165) is 24.2 Å². The highest BCUT2D eigenvalue weighted by molar-refractivity contribution is 5.72. The van der Waals surface area contributed by atoms with Crippen LogP contribution in [0.25, 0.3) is 0 Å². The number of benzene rings is 2. The van der Waals surface area contributed by atoms with Gasteiger partial charge in [-0.05, 0) is 36.2 Å². The van der Waals surface area contributed by atoms with Gasteiger partial charge < -0.3 is 9.47 Å². The number of ether oxygens (including phenoxy) is 2. The predicted molar refractivity (Wildman–Crippen MR) is 101 cm³/mol. The van der Waals surface area contributed by atoms with Crippen molar-refractivity contribution in [3.63, 3.8) is 0 Å². The first-order valence-electron chi connectivity index (χ1n) is 9.25. The molecular formula is C22H28O3. The first-order chi connectivity index (χ1) is 12.3. The summed E-state index contributed by atoms with van der Waals surface area (Å²) in [5.41, 5.74) is 1.12. The third kappa shape index (κ3) is 7.88. The normalized spacial score (nSPS) is 10.4. The molecule has 0 amide bonds. The third-order valence-corrected chi connectivity index (χ3v) is 4.04. The van der Waals surface area contributed by atoms with Crippen molar-refractivity contribution in [1.29, 1.82) is 0 Å². The Labute approximate surface area is 151 Å². The van der Waals surface area contributed by atoms with Crippen molar-refractivity contribution >= 4 is 5.97 Å². The van der Waals surface area contributed by atoms with Crippen molar-refractivity contribution in [2.24, 2.45) is 0 Å². The number of rotatable bonds is 11. The van der Waals surface area contributed by atoms with Crippen LogP contribution in [-0.2, 0) is 11.4 Å². The van der Waals surface area contributed by atoms with E-state index in [1.54, 1.807) is 12.1 Å². The Morgan fingerprint density at radius 2 is 1.44 bits per heavy atom. The fraction of sp³-hybridized carbons (Fsp3) is 0.409. The van der Waals surface area contributed by atoms with Gasteiger partial charge in [0.2, 0.25) is 0 Å². The molecule has 0 N–H and O–H groups in total. The molecule has 25 heavy (non-hydrogen) atoms. The quantitative estimate of drug-likeness (QED) is 0.289. The average molecular weight is 340 g/mol. The minimum absolute atomic E-state index is 0.159. The van der Waals surface area contributed by atoms with E-state index in [9.17, 15) is 4.79 Å². The summed E-state index contributed by atoms with van der Waals surface area (Å²) in [6, 6.07) is 17.2. The highest BCUT2D eigenvalue weighted by Gasteiger charge is 2.05. The summed E-state index contributed by atoms with van der Waals surface area (Å²) in [6.45, 7) is 2.73. The monoisotopic (exact) mass is 340 g/mol. The van der Waals surface area contributed by atoms with Gasteiger partial charge >= 0.3 is 5.97 Å². The van der Waals surface area contributed by atoms with Gasteiger partial charge in [0.25, 0.3) is 0 Å². The predicted octanol–water partition coefficient (Wildman–Crippen LogP) is 5.92. The van der Waals surface area contributed by atoms with Crippen molar-refractivity contribution in [3.8, 4) is 11.5 Å². The Kier molecular flexibility index (Phi) is 8.60. The first kappa shape index (κ1) is 19.0. The Bertz CT molecular complexity index is 605. The molecule has 0 aliphatic rings.